The standard InChI is InChI=1S/C26H38N6O2/c1-5-6-8-19(2)26(30(3)4)13-11-25(12-14-26)18-31(23-28-15-21(16-29-23)22(27)33)24(34)32(25)17-20-9-7-10-20/h5-6,8,15-16,20H,7,9-14,17-18H2,1-4H3,(H2,27,33)/b6-5-,19-8+. The Morgan fingerprint density at radius 1 is 1.21 bits per heavy atom. The number of hydrogen-bond acceptors (Lipinski definition) is 5. The number of likely N-dealkylation sites (N-methyl/N-ethyl adjacent to an activating group) is 1. The second-order valence-electron chi connectivity index (χ2n) is 10.4. The third kappa shape index (κ3) is 4.24. The molecule has 3 fully saturated rings. The van der Waals surface area contributed by atoms with Gasteiger partial charge in [0.15, 0.2) is 0 Å². The molecule has 2 N–H and O–H groups in total. The summed E-state index contributed by atoms with van der Waals surface area (Å²) in [4.78, 5) is 39.9. The number of rotatable bonds is 7. The van der Waals surface area contributed by atoms with E-state index in [9.17, 15) is 9.59 Å². The molecular weight excluding hydrogens is 428 g/mol. The Bertz CT molecular complexity index is 972. The first-order valence-corrected chi connectivity index (χ1v) is 12.4. The van der Waals surface area contributed by atoms with Crippen molar-refractivity contribution in [2.24, 2.45) is 11.7 Å². The Kier molecular flexibility index (Phi) is 6.80. The number of allylic oxidation sites excluding steroid dienone is 3. The van der Waals surface area contributed by atoms with Crippen LogP contribution >= 0.6 is 0 Å². The first-order chi connectivity index (χ1) is 16.2. The normalized spacial score (nSPS) is 28.4. The Hall–Kier alpha value is -2.74. The molecule has 0 radical (unpaired) electrons. The molecule has 8 nitrogen and oxygen atoms in total. The molecule has 2 aliphatic carbocycles. The van der Waals surface area contributed by atoms with Crippen LogP contribution in [-0.2, 0) is 0 Å². The van der Waals surface area contributed by atoms with Crippen LogP contribution in [0.2, 0.25) is 0 Å². The minimum Gasteiger partial charge on any atom is -0.366 e. The first-order valence-electron chi connectivity index (χ1n) is 12.4. The molecule has 3 aliphatic rings. The minimum atomic E-state index is -0.573. The molecule has 3 amide bonds. The molecule has 0 unspecified atom stereocenters. The maximum Gasteiger partial charge on any atom is 0.327 e. The second-order valence-corrected chi connectivity index (χ2v) is 10.4. The van der Waals surface area contributed by atoms with Crippen LogP contribution in [0.4, 0.5) is 10.7 Å². The maximum absolute atomic E-state index is 13.7. The summed E-state index contributed by atoms with van der Waals surface area (Å²) < 4.78 is 0. The van der Waals surface area contributed by atoms with E-state index in [1.54, 1.807) is 4.90 Å². The highest BCUT2D eigenvalue weighted by Gasteiger charge is 2.55. The zero-order valence-corrected chi connectivity index (χ0v) is 21.0. The Morgan fingerprint density at radius 3 is 2.35 bits per heavy atom. The summed E-state index contributed by atoms with van der Waals surface area (Å²) in [5, 5.41) is 0. The molecule has 1 spiro atoms. The summed E-state index contributed by atoms with van der Waals surface area (Å²) in [6, 6.07) is -0.0164. The van der Waals surface area contributed by atoms with Gasteiger partial charge in [0.2, 0.25) is 5.95 Å². The zero-order chi connectivity index (χ0) is 24.5. The van der Waals surface area contributed by atoms with E-state index in [0.29, 0.717) is 18.4 Å². The fourth-order valence-corrected chi connectivity index (χ4v) is 5.89. The number of nitrogens with zero attached hydrogens (tertiary/aromatic N) is 5. The van der Waals surface area contributed by atoms with Crippen LogP contribution in [0.5, 0.6) is 0 Å². The summed E-state index contributed by atoms with van der Waals surface area (Å²) in [6.07, 6.45) is 16.7. The van der Waals surface area contributed by atoms with Gasteiger partial charge in [-0.05, 0) is 72.4 Å². The number of carbonyl (C=O) groups is 2. The number of urea groups is 1. The number of primary amides is 1. The highest BCUT2D eigenvalue weighted by Crippen LogP contribution is 2.48. The van der Waals surface area contributed by atoms with Crippen LogP contribution in [0.25, 0.3) is 0 Å². The number of aromatic nitrogens is 2. The van der Waals surface area contributed by atoms with Crippen LogP contribution in [0.1, 0.15) is 69.2 Å². The lowest BCUT2D eigenvalue weighted by Crippen LogP contribution is -2.58. The van der Waals surface area contributed by atoms with E-state index in [2.05, 4.69) is 59.0 Å². The van der Waals surface area contributed by atoms with E-state index in [4.69, 9.17) is 5.73 Å². The van der Waals surface area contributed by atoms with Crippen molar-refractivity contribution in [2.75, 3.05) is 32.1 Å². The lowest BCUT2D eigenvalue weighted by Gasteiger charge is -2.52. The molecule has 184 valence electrons. The van der Waals surface area contributed by atoms with Crippen molar-refractivity contribution < 1.29 is 9.59 Å². The average molecular weight is 467 g/mol. The molecule has 0 aromatic carbocycles. The Morgan fingerprint density at radius 2 is 1.85 bits per heavy atom. The van der Waals surface area contributed by atoms with Gasteiger partial charge in [0.05, 0.1) is 17.6 Å². The van der Waals surface area contributed by atoms with Gasteiger partial charge in [-0.15, -0.1) is 0 Å². The van der Waals surface area contributed by atoms with E-state index < -0.39 is 5.91 Å². The van der Waals surface area contributed by atoms with Crippen LogP contribution in [-0.4, -0.2) is 70.0 Å². The van der Waals surface area contributed by atoms with Gasteiger partial charge in [-0.1, -0.05) is 30.2 Å². The monoisotopic (exact) mass is 466 g/mol. The number of hydrogen-bond donors (Lipinski definition) is 1. The topological polar surface area (TPSA) is 95.7 Å². The number of nitrogens with two attached hydrogens (primary N) is 1. The van der Waals surface area contributed by atoms with Crippen molar-refractivity contribution in [2.45, 2.75) is 69.9 Å². The molecular formula is C26H38N6O2. The zero-order valence-electron chi connectivity index (χ0n) is 21.0. The predicted molar refractivity (Wildman–Crippen MR) is 134 cm³/mol. The molecule has 8 heteroatoms. The first kappa shape index (κ1) is 24.4. The summed E-state index contributed by atoms with van der Waals surface area (Å²) >= 11 is 0. The lowest BCUT2D eigenvalue weighted by molar-refractivity contribution is 0.0365. The molecule has 34 heavy (non-hydrogen) atoms. The Labute approximate surface area is 202 Å². The van der Waals surface area contributed by atoms with Crippen molar-refractivity contribution in [3.05, 3.63) is 41.8 Å². The molecule has 4 rings (SSSR count). The largest absolute Gasteiger partial charge is 0.366 e. The third-order valence-corrected chi connectivity index (χ3v) is 8.45. The predicted octanol–water partition coefficient (Wildman–Crippen LogP) is 3.75. The molecule has 1 aromatic heterocycles. The van der Waals surface area contributed by atoms with Crippen molar-refractivity contribution in [1.29, 1.82) is 0 Å². The van der Waals surface area contributed by atoms with Crippen LogP contribution in [0.3, 0.4) is 0 Å². The van der Waals surface area contributed by atoms with E-state index in [1.807, 2.05) is 6.92 Å². The Balaban J connectivity index is 1.62. The molecule has 2 saturated carbocycles. The molecule has 0 atom stereocenters. The SMILES string of the molecule is C/C=C\C=C(/C)C1(N(C)C)CCC2(CC1)CN(c1ncc(C(N)=O)cn1)C(=O)N2CC1CCC1. The number of anilines is 1. The smallest absolute Gasteiger partial charge is 0.327 e. The number of carbonyl (C=O) groups excluding carboxylic acids is 2. The van der Waals surface area contributed by atoms with Gasteiger partial charge in [-0.2, -0.15) is 0 Å². The van der Waals surface area contributed by atoms with E-state index in [1.165, 1.54) is 37.2 Å². The van der Waals surface area contributed by atoms with Gasteiger partial charge in [-0.3, -0.25) is 14.6 Å². The highest BCUT2D eigenvalue weighted by atomic mass is 16.2. The highest BCUT2D eigenvalue weighted by molar-refractivity contribution is 5.95. The van der Waals surface area contributed by atoms with Gasteiger partial charge in [0.25, 0.3) is 5.91 Å². The molecule has 0 bridgehead atoms. The third-order valence-electron chi connectivity index (χ3n) is 8.45. The second kappa shape index (κ2) is 9.49. The summed E-state index contributed by atoms with van der Waals surface area (Å²) in [5.41, 5.74) is 6.71. The maximum atomic E-state index is 13.7. The van der Waals surface area contributed by atoms with Crippen molar-refractivity contribution in [3.63, 3.8) is 0 Å². The lowest BCUT2D eigenvalue weighted by atomic mass is 9.68. The molecule has 1 aliphatic heterocycles. The van der Waals surface area contributed by atoms with Crippen LogP contribution in [0, 0.1) is 5.92 Å². The fraction of sp³-hybridized carbons (Fsp3) is 0.615. The van der Waals surface area contributed by atoms with Crippen molar-refractivity contribution >= 4 is 17.9 Å². The quantitative estimate of drug-likeness (QED) is 0.618. The van der Waals surface area contributed by atoms with Crippen LogP contribution in [0.15, 0.2) is 36.2 Å². The summed E-state index contributed by atoms with van der Waals surface area (Å²) in [6.45, 7) is 5.65. The number of amides is 3. The van der Waals surface area contributed by atoms with Gasteiger partial charge in [0.1, 0.15) is 0 Å². The van der Waals surface area contributed by atoms with Crippen LogP contribution < -0.4 is 10.6 Å². The molecule has 2 heterocycles. The molecule has 1 saturated heterocycles. The van der Waals surface area contributed by atoms with E-state index in [-0.39, 0.29) is 22.7 Å². The minimum absolute atomic E-state index is 0.0109. The summed E-state index contributed by atoms with van der Waals surface area (Å²) in [7, 11) is 4.33. The van der Waals surface area contributed by atoms with Gasteiger partial charge in [0, 0.05) is 24.5 Å². The van der Waals surface area contributed by atoms with E-state index in [0.717, 1.165) is 32.2 Å². The van der Waals surface area contributed by atoms with Gasteiger partial charge in [-0.25, -0.2) is 14.8 Å². The van der Waals surface area contributed by atoms with Crippen molar-refractivity contribution in [1.82, 2.24) is 19.8 Å². The van der Waals surface area contributed by atoms with Crippen molar-refractivity contribution in [3.8, 4) is 0 Å². The van der Waals surface area contributed by atoms with E-state index >= 15 is 0 Å². The summed E-state index contributed by atoms with van der Waals surface area (Å²) in [5.74, 6) is 0.353. The van der Waals surface area contributed by atoms with Gasteiger partial charge < -0.3 is 10.6 Å². The fourth-order valence-electron chi connectivity index (χ4n) is 5.89. The molecule has 1 aromatic rings. The average Bonchev–Trinajstić information content (AvgIpc) is 3.06. The van der Waals surface area contributed by atoms with Gasteiger partial charge >= 0.3 is 6.03 Å².